The van der Waals surface area contributed by atoms with Crippen molar-refractivity contribution in [1.82, 2.24) is 0 Å². The first-order chi connectivity index (χ1) is 9.67. The van der Waals surface area contributed by atoms with Gasteiger partial charge in [0.25, 0.3) is 0 Å². The topological polar surface area (TPSA) is 50.1 Å². The second kappa shape index (κ2) is 4.95. The molecule has 0 N–H and O–H groups in total. The summed E-state index contributed by atoms with van der Waals surface area (Å²) in [6.07, 6.45) is 1.68. The van der Waals surface area contributed by atoms with Gasteiger partial charge in [0.2, 0.25) is 5.78 Å². The maximum Gasteiger partial charge on any atom is 0.232 e. The lowest BCUT2D eigenvalue weighted by molar-refractivity contribution is 0.101. The normalized spacial score (nSPS) is 14.8. The summed E-state index contributed by atoms with van der Waals surface area (Å²) in [6, 6.07) is 14.4. The van der Waals surface area contributed by atoms with Crippen molar-refractivity contribution < 1.29 is 9.53 Å². The predicted molar refractivity (Wildman–Crippen MR) is 78.2 cm³/mol. The lowest BCUT2D eigenvalue weighted by Gasteiger charge is -1.98. The Morgan fingerprint density at radius 3 is 2.60 bits per heavy atom. The maximum atomic E-state index is 12.2. The molecule has 3 nitrogen and oxygen atoms in total. The van der Waals surface area contributed by atoms with E-state index in [2.05, 4.69) is 22.0 Å². The molecule has 0 aliphatic carbocycles. The SMILES string of the molecule is N#Cc1ccc(/C=C2\Oc3ccc(Br)cc3C2=O)cc1. The van der Waals surface area contributed by atoms with Crippen LogP contribution in [0.2, 0.25) is 0 Å². The number of allylic oxidation sites excluding steroid dienone is 1. The molecule has 0 fully saturated rings. The van der Waals surface area contributed by atoms with Crippen LogP contribution in [0.4, 0.5) is 0 Å². The molecular formula is C16H8BrNO2. The van der Waals surface area contributed by atoms with Crippen LogP contribution in [0.5, 0.6) is 5.75 Å². The fourth-order valence-corrected chi connectivity index (χ4v) is 2.33. The Morgan fingerprint density at radius 1 is 1.15 bits per heavy atom. The summed E-state index contributed by atoms with van der Waals surface area (Å²) in [4.78, 5) is 12.2. The molecule has 0 atom stereocenters. The number of carbonyl (C=O) groups excluding carboxylic acids is 1. The highest BCUT2D eigenvalue weighted by Gasteiger charge is 2.27. The number of ketones is 1. The van der Waals surface area contributed by atoms with Crippen molar-refractivity contribution in [2.45, 2.75) is 0 Å². The van der Waals surface area contributed by atoms with E-state index in [1.54, 1.807) is 42.5 Å². The Labute approximate surface area is 124 Å². The van der Waals surface area contributed by atoms with E-state index in [1.165, 1.54) is 0 Å². The van der Waals surface area contributed by atoms with Gasteiger partial charge in [-0.1, -0.05) is 28.1 Å². The Hall–Kier alpha value is -2.38. The molecule has 0 saturated carbocycles. The standard InChI is InChI=1S/C16H8BrNO2/c17-12-5-6-14-13(8-12)16(19)15(20-14)7-10-1-3-11(9-18)4-2-10/h1-8H/b15-7-. The zero-order chi connectivity index (χ0) is 14.1. The Morgan fingerprint density at radius 2 is 1.90 bits per heavy atom. The van der Waals surface area contributed by atoms with Crippen molar-refractivity contribution in [3.05, 3.63) is 69.4 Å². The van der Waals surface area contributed by atoms with E-state index in [-0.39, 0.29) is 5.78 Å². The van der Waals surface area contributed by atoms with Crippen LogP contribution in [0, 0.1) is 11.3 Å². The maximum absolute atomic E-state index is 12.2. The van der Waals surface area contributed by atoms with Gasteiger partial charge >= 0.3 is 0 Å². The average molecular weight is 326 g/mol. The molecule has 96 valence electrons. The summed E-state index contributed by atoms with van der Waals surface area (Å²) in [7, 11) is 0. The molecule has 0 radical (unpaired) electrons. The zero-order valence-corrected chi connectivity index (χ0v) is 11.8. The molecule has 3 rings (SSSR count). The van der Waals surface area contributed by atoms with Crippen molar-refractivity contribution >= 4 is 27.8 Å². The Balaban J connectivity index is 1.95. The second-order valence-corrected chi connectivity index (χ2v) is 5.23. The molecular weight excluding hydrogens is 318 g/mol. The van der Waals surface area contributed by atoms with Gasteiger partial charge in [-0.15, -0.1) is 0 Å². The third kappa shape index (κ3) is 2.24. The number of ether oxygens (including phenoxy) is 1. The summed E-state index contributed by atoms with van der Waals surface area (Å²) in [5, 5.41) is 8.75. The van der Waals surface area contributed by atoms with E-state index in [9.17, 15) is 4.79 Å². The van der Waals surface area contributed by atoms with Crippen molar-refractivity contribution in [3.8, 4) is 11.8 Å². The highest BCUT2D eigenvalue weighted by atomic mass is 79.9. The van der Waals surface area contributed by atoms with Crippen LogP contribution in [-0.4, -0.2) is 5.78 Å². The first-order valence-electron chi connectivity index (χ1n) is 5.91. The highest BCUT2D eigenvalue weighted by Crippen LogP contribution is 2.33. The fraction of sp³-hybridized carbons (Fsp3) is 0. The van der Waals surface area contributed by atoms with Crippen LogP contribution in [0.25, 0.3) is 6.08 Å². The predicted octanol–water partition coefficient (Wildman–Crippen LogP) is 3.94. The third-order valence-corrected chi connectivity index (χ3v) is 3.46. The van der Waals surface area contributed by atoms with Gasteiger partial charge in [0, 0.05) is 4.47 Å². The molecule has 0 unspecified atom stereocenters. The van der Waals surface area contributed by atoms with Gasteiger partial charge in [-0.05, 0) is 42.0 Å². The van der Waals surface area contributed by atoms with E-state index in [4.69, 9.17) is 10.00 Å². The second-order valence-electron chi connectivity index (χ2n) is 4.31. The molecule has 1 aliphatic rings. The van der Waals surface area contributed by atoms with Crippen LogP contribution >= 0.6 is 15.9 Å². The first-order valence-corrected chi connectivity index (χ1v) is 6.70. The van der Waals surface area contributed by atoms with E-state index in [0.717, 1.165) is 10.0 Å². The van der Waals surface area contributed by atoms with Crippen molar-refractivity contribution in [1.29, 1.82) is 5.26 Å². The number of carbonyl (C=O) groups is 1. The molecule has 0 amide bonds. The minimum atomic E-state index is -0.134. The van der Waals surface area contributed by atoms with Gasteiger partial charge in [0.05, 0.1) is 17.2 Å². The number of benzene rings is 2. The number of rotatable bonds is 1. The number of fused-ring (bicyclic) bond motifs is 1. The highest BCUT2D eigenvalue weighted by molar-refractivity contribution is 9.10. The van der Waals surface area contributed by atoms with Gasteiger partial charge in [-0.25, -0.2) is 0 Å². The Kier molecular flexibility index (Phi) is 3.13. The van der Waals surface area contributed by atoms with Gasteiger partial charge in [0.1, 0.15) is 5.75 Å². The summed E-state index contributed by atoms with van der Waals surface area (Å²) < 4.78 is 6.40. The number of Topliss-reactive ketones (excluding diaryl/α,β-unsaturated/α-hetero) is 1. The third-order valence-electron chi connectivity index (χ3n) is 2.97. The number of nitriles is 1. The van der Waals surface area contributed by atoms with Crippen LogP contribution in [0.15, 0.2) is 52.7 Å². The molecule has 20 heavy (non-hydrogen) atoms. The molecule has 0 saturated heterocycles. The summed E-state index contributed by atoms with van der Waals surface area (Å²) in [6.45, 7) is 0. The van der Waals surface area contributed by atoms with E-state index in [1.807, 2.05) is 6.07 Å². The molecule has 0 spiro atoms. The molecule has 1 aliphatic heterocycles. The zero-order valence-electron chi connectivity index (χ0n) is 10.3. The van der Waals surface area contributed by atoms with Crippen molar-refractivity contribution in [2.24, 2.45) is 0 Å². The molecule has 0 aromatic heterocycles. The van der Waals surface area contributed by atoms with Crippen LogP contribution in [0.3, 0.4) is 0 Å². The average Bonchev–Trinajstić information content (AvgIpc) is 2.76. The number of nitrogens with zero attached hydrogens (tertiary/aromatic N) is 1. The van der Waals surface area contributed by atoms with E-state index >= 15 is 0 Å². The monoisotopic (exact) mass is 325 g/mol. The van der Waals surface area contributed by atoms with Crippen LogP contribution in [-0.2, 0) is 0 Å². The van der Waals surface area contributed by atoms with Crippen LogP contribution < -0.4 is 4.74 Å². The number of halogens is 1. The lowest BCUT2D eigenvalue weighted by Crippen LogP contribution is -1.98. The summed E-state index contributed by atoms with van der Waals surface area (Å²) >= 11 is 3.34. The largest absolute Gasteiger partial charge is 0.452 e. The quantitative estimate of drug-likeness (QED) is 0.746. The van der Waals surface area contributed by atoms with Gasteiger partial charge in [-0.2, -0.15) is 5.26 Å². The van der Waals surface area contributed by atoms with E-state index in [0.29, 0.717) is 22.6 Å². The van der Waals surface area contributed by atoms with Gasteiger partial charge in [0.15, 0.2) is 5.76 Å². The van der Waals surface area contributed by atoms with E-state index < -0.39 is 0 Å². The number of hydrogen-bond donors (Lipinski definition) is 0. The van der Waals surface area contributed by atoms with Crippen molar-refractivity contribution in [2.75, 3.05) is 0 Å². The number of hydrogen-bond acceptors (Lipinski definition) is 3. The van der Waals surface area contributed by atoms with Gasteiger partial charge < -0.3 is 4.74 Å². The minimum absolute atomic E-state index is 0.134. The van der Waals surface area contributed by atoms with Crippen molar-refractivity contribution in [3.63, 3.8) is 0 Å². The van der Waals surface area contributed by atoms with Gasteiger partial charge in [-0.3, -0.25) is 4.79 Å². The molecule has 0 bridgehead atoms. The molecule has 2 aromatic carbocycles. The molecule has 4 heteroatoms. The first kappa shape index (κ1) is 12.6. The fourth-order valence-electron chi connectivity index (χ4n) is 1.97. The van der Waals surface area contributed by atoms with Crippen LogP contribution in [0.1, 0.15) is 21.5 Å². The lowest BCUT2D eigenvalue weighted by atomic mass is 10.1. The minimum Gasteiger partial charge on any atom is -0.452 e. The summed E-state index contributed by atoms with van der Waals surface area (Å²) in [5.41, 5.74) is 1.96. The molecule has 2 aromatic rings. The smallest absolute Gasteiger partial charge is 0.232 e. The summed E-state index contributed by atoms with van der Waals surface area (Å²) in [5.74, 6) is 0.728. The molecule has 1 heterocycles. The Bertz CT molecular complexity index is 770.